The molecule has 2 aromatic rings. The fourth-order valence-electron chi connectivity index (χ4n) is 3.02. The number of anilines is 1. The number of hydrogen-bond acceptors (Lipinski definition) is 5. The number of nitrogens with zero attached hydrogens (tertiary/aromatic N) is 4. The lowest BCUT2D eigenvalue weighted by atomic mass is 10.2. The SMILES string of the molecule is CCC(C)Nc1cc(C(=O)N2CCN(Cc3ccccc3)CC2)ncn1. The minimum atomic E-state index is -0.0148. The molecule has 3 rings (SSSR count). The van der Waals surface area contributed by atoms with Gasteiger partial charge in [-0.2, -0.15) is 0 Å². The van der Waals surface area contributed by atoms with Crippen LogP contribution in [-0.2, 0) is 6.54 Å². The summed E-state index contributed by atoms with van der Waals surface area (Å²) < 4.78 is 0. The lowest BCUT2D eigenvalue weighted by Gasteiger charge is -2.34. The molecule has 6 nitrogen and oxygen atoms in total. The third-order valence-electron chi connectivity index (χ3n) is 4.80. The van der Waals surface area contributed by atoms with E-state index in [1.165, 1.54) is 11.9 Å². The molecule has 1 fully saturated rings. The Kier molecular flexibility index (Phi) is 6.17. The fraction of sp³-hybridized carbons (Fsp3) is 0.450. The van der Waals surface area contributed by atoms with Crippen molar-refractivity contribution in [2.75, 3.05) is 31.5 Å². The van der Waals surface area contributed by atoms with Gasteiger partial charge in [-0.25, -0.2) is 9.97 Å². The molecule has 1 aliphatic rings. The van der Waals surface area contributed by atoms with Crippen molar-refractivity contribution < 1.29 is 4.79 Å². The van der Waals surface area contributed by atoms with Crippen molar-refractivity contribution >= 4 is 11.7 Å². The molecule has 1 amide bonds. The summed E-state index contributed by atoms with van der Waals surface area (Å²) >= 11 is 0. The highest BCUT2D eigenvalue weighted by molar-refractivity contribution is 5.93. The molecule has 1 unspecified atom stereocenters. The third-order valence-corrected chi connectivity index (χ3v) is 4.80. The van der Waals surface area contributed by atoms with Gasteiger partial charge < -0.3 is 10.2 Å². The van der Waals surface area contributed by atoms with Crippen LogP contribution in [0, 0.1) is 0 Å². The highest BCUT2D eigenvalue weighted by atomic mass is 16.2. The summed E-state index contributed by atoms with van der Waals surface area (Å²) in [5.74, 6) is 0.694. The first kappa shape index (κ1) is 18.3. The number of hydrogen-bond donors (Lipinski definition) is 1. The highest BCUT2D eigenvalue weighted by Crippen LogP contribution is 2.13. The van der Waals surface area contributed by atoms with E-state index in [9.17, 15) is 4.79 Å². The quantitative estimate of drug-likeness (QED) is 0.865. The number of aromatic nitrogens is 2. The lowest BCUT2D eigenvalue weighted by Crippen LogP contribution is -2.48. The maximum atomic E-state index is 12.8. The van der Waals surface area contributed by atoms with Crippen LogP contribution < -0.4 is 5.32 Å². The van der Waals surface area contributed by atoms with Crippen molar-refractivity contribution in [1.29, 1.82) is 0 Å². The van der Waals surface area contributed by atoms with Crippen molar-refractivity contribution in [1.82, 2.24) is 19.8 Å². The number of rotatable bonds is 6. The van der Waals surface area contributed by atoms with Gasteiger partial charge in [-0.05, 0) is 18.9 Å². The average Bonchev–Trinajstić information content (AvgIpc) is 2.69. The summed E-state index contributed by atoms with van der Waals surface area (Å²) in [7, 11) is 0. The molecule has 26 heavy (non-hydrogen) atoms. The van der Waals surface area contributed by atoms with Gasteiger partial charge in [0.2, 0.25) is 0 Å². The van der Waals surface area contributed by atoms with Crippen LogP contribution in [0.1, 0.15) is 36.3 Å². The zero-order valence-electron chi connectivity index (χ0n) is 15.6. The van der Waals surface area contributed by atoms with E-state index in [0.717, 1.165) is 39.1 Å². The van der Waals surface area contributed by atoms with Gasteiger partial charge in [0.25, 0.3) is 5.91 Å². The topological polar surface area (TPSA) is 61.4 Å². The van der Waals surface area contributed by atoms with Gasteiger partial charge in [0.15, 0.2) is 0 Å². The molecule has 0 spiro atoms. The normalized spacial score (nSPS) is 16.3. The number of amides is 1. The van der Waals surface area contributed by atoms with Gasteiger partial charge in [0.05, 0.1) is 0 Å². The molecule has 1 saturated heterocycles. The second-order valence-corrected chi connectivity index (χ2v) is 6.80. The van der Waals surface area contributed by atoms with Crippen molar-refractivity contribution in [2.24, 2.45) is 0 Å². The smallest absolute Gasteiger partial charge is 0.272 e. The first-order valence-electron chi connectivity index (χ1n) is 9.30. The molecule has 0 radical (unpaired) electrons. The Hall–Kier alpha value is -2.47. The van der Waals surface area contributed by atoms with Crippen molar-refractivity contribution in [3.05, 3.63) is 54.0 Å². The molecule has 6 heteroatoms. The Morgan fingerprint density at radius 1 is 1.15 bits per heavy atom. The van der Waals surface area contributed by atoms with Crippen LogP contribution in [0.15, 0.2) is 42.7 Å². The van der Waals surface area contributed by atoms with E-state index >= 15 is 0 Å². The van der Waals surface area contributed by atoms with E-state index < -0.39 is 0 Å². The molecule has 1 N–H and O–H groups in total. The monoisotopic (exact) mass is 353 g/mol. The predicted octanol–water partition coefficient (Wildman–Crippen LogP) is 2.65. The third kappa shape index (κ3) is 4.79. The van der Waals surface area contributed by atoms with Crippen LogP contribution in [0.4, 0.5) is 5.82 Å². The summed E-state index contributed by atoms with van der Waals surface area (Å²) in [6.45, 7) is 8.34. The van der Waals surface area contributed by atoms with E-state index in [-0.39, 0.29) is 5.91 Å². The molecule has 1 aliphatic heterocycles. The van der Waals surface area contributed by atoms with Gasteiger partial charge >= 0.3 is 0 Å². The Morgan fingerprint density at radius 2 is 1.88 bits per heavy atom. The predicted molar refractivity (Wildman–Crippen MR) is 103 cm³/mol. The second kappa shape index (κ2) is 8.76. The highest BCUT2D eigenvalue weighted by Gasteiger charge is 2.23. The molecule has 1 atom stereocenters. The lowest BCUT2D eigenvalue weighted by molar-refractivity contribution is 0.0622. The van der Waals surface area contributed by atoms with Crippen LogP contribution in [0.5, 0.6) is 0 Å². The van der Waals surface area contributed by atoms with Crippen molar-refractivity contribution in [3.63, 3.8) is 0 Å². The zero-order chi connectivity index (χ0) is 18.4. The van der Waals surface area contributed by atoms with Crippen molar-refractivity contribution in [2.45, 2.75) is 32.9 Å². The standard InChI is InChI=1S/C20H27N5O/c1-3-16(2)23-19-13-18(21-15-22-19)20(26)25-11-9-24(10-12-25)14-17-7-5-4-6-8-17/h4-8,13,15-16H,3,9-12,14H2,1-2H3,(H,21,22,23). The van der Waals surface area contributed by atoms with E-state index in [1.54, 1.807) is 6.07 Å². The minimum Gasteiger partial charge on any atom is -0.368 e. The minimum absolute atomic E-state index is 0.0148. The maximum Gasteiger partial charge on any atom is 0.272 e. The first-order valence-corrected chi connectivity index (χ1v) is 9.30. The Morgan fingerprint density at radius 3 is 2.58 bits per heavy atom. The summed E-state index contributed by atoms with van der Waals surface area (Å²) in [4.78, 5) is 25.4. The van der Waals surface area contributed by atoms with Gasteiger partial charge in [-0.1, -0.05) is 37.3 Å². The Balaban J connectivity index is 1.56. The van der Waals surface area contributed by atoms with E-state index in [4.69, 9.17) is 0 Å². The Labute approximate surface area is 155 Å². The van der Waals surface area contributed by atoms with Crippen LogP contribution in [-0.4, -0.2) is 57.9 Å². The number of carbonyl (C=O) groups is 1. The molecule has 0 aliphatic carbocycles. The van der Waals surface area contributed by atoms with Crippen molar-refractivity contribution in [3.8, 4) is 0 Å². The number of piperazine rings is 1. The summed E-state index contributed by atoms with van der Waals surface area (Å²) in [6, 6.07) is 12.5. The second-order valence-electron chi connectivity index (χ2n) is 6.80. The van der Waals surface area contributed by atoms with Crippen LogP contribution in [0.3, 0.4) is 0 Å². The van der Waals surface area contributed by atoms with Gasteiger partial charge in [0, 0.05) is 44.8 Å². The average molecular weight is 353 g/mol. The molecule has 2 heterocycles. The molecule has 1 aromatic heterocycles. The Bertz CT molecular complexity index is 713. The van der Waals surface area contributed by atoms with Crippen LogP contribution >= 0.6 is 0 Å². The van der Waals surface area contributed by atoms with E-state index in [1.807, 2.05) is 11.0 Å². The van der Waals surface area contributed by atoms with Gasteiger partial charge in [-0.15, -0.1) is 0 Å². The molecular formula is C20H27N5O. The maximum absolute atomic E-state index is 12.8. The molecule has 0 bridgehead atoms. The van der Waals surface area contributed by atoms with Crippen LogP contribution in [0.2, 0.25) is 0 Å². The van der Waals surface area contributed by atoms with E-state index in [2.05, 4.69) is 58.3 Å². The summed E-state index contributed by atoms with van der Waals surface area (Å²) in [5, 5.41) is 3.29. The molecular weight excluding hydrogens is 326 g/mol. The zero-order valence-corrected chi connectivity index (χ0v) is 15.6. The molecule has 138 valence electrons. The number of nitrogens with one attached hydrogen (secondary N) is 1. The molecule has 0 saturated carbocycles. The number of benzene rings is 1. The van der Waals surface area contributed by atoms with Gasteiger partial charge in [0.1, 0.15) is 17.8 Å². The summed E-state index contributed by atoms with van der Waals surface area (Å²) in [5.41, 5.74) is 1.77. The largest absolute Gasteiger partial charge is 0.368 e. The number of carbonyl (C=O) groups excluding carboxylic acids is 1. The fourth-order valence-corrected chi connectivity index (χ4v) is 3.02. The van der Waals surface area contributed by atoms with E-state index in [0.29, 0.717) is 17.6 Å². The van der Waals surface area contributed by atoms with Gasteiger partial charge in [-0.3, -0.25) is 9.69 Å². The summed E-state index contributed by atoms with van der Waals surface area (Å²) in [6.07, 6.45) is 2.46. The van der Waals surface area contributed by atoms with Crippen LogP contribution in [0.25, 0.3) is 0 Å². The first-order chi connectivity index (χ1) is 12.7. The molecule has 1 aromatic carbocycles.